The molecule has 16 heavy (non-hydrogen) atoms. The largest absolute Gasteiger partial charge is 0.444 e. The van der Waals surface area contributed by atoms with Crippen molar-refractivity contribution in [1.82, 2.24) is 10.4 Å². The van der Waals surface area contributed by atoms with E-state index in [1.54, 1.807) is 0 Å². The molecule has 1 saturated heterocycles. The van der Waals surface area contributed by atoms with E-state index in [-0.39, 0.29) is 25.5 Å². The zero-order valence-corrected chi connectivity index (χ0v) is 8.68. The van der Waals surface area contributed by atoms with Crippen LogP contribution in [0.25, 0.3) is 0 Å². The van der Waals surface area contributed by atoms with E-state index in [4.69, 9.17) is 4.74 Å². The maximum atomic E-state index is 11.5. The summed E-state index contributed by atoms with van der Waals surface area (Å²) in [7, 11) is 0. The molecule has 0 bridgehead atoms. The van der Waals surface area contributed by atoms with Crippen LogP contribution in [0.15, 0.2) is 30.3 Å². The minimum atomic E-state index is -0.519. The summed E-state index contributed by atoms with van der Waals surface area (Å²) in [5.74, 6) is -0.0170. The van der Waals surface area contributed by atoms with Crippen LogP contribution < -0.4 is 5.43 Å². The van der Waals surface area contributed by atoms with E-state index in [0.29, 0.717) is 0 Å². The molecule has 1 N–H and O–H groups in total. The van der Waals surface area contributed by atoms with Gasteiger partial charge in [-0.25, -0.2) is 15.2 Å². The summed E-state index contributed by atoms with van der Waals surface area (Å²) in [6.07, 6.45) is -0.519. The fourth-order valence-electron chi connectivity index (χ4n) is 1.40. The Morgan fingerprint density at radius 1 is 1.38 bits per heavy atom. The van der Waals surface area contributed by atoms with Crippen LogP contribution in [-0.4, -0.2) is 30.0 Å². The lowest BCUT2D eigenvalue weighted by Gasteiger charge is -2.14. The van der Waals surface area contributed by atoms with Gasteiger partial charge in [-0.3, -0.25) is 4.79 Å². The lowest BCUT2D eigenvalue weighted by atomic mass is 10.2. The van der Waals surface area contributed by atoms with Gasteiger partial charge in [0.25, 0.3) is 0 Å². The molecule has 84 valence electrons. The first-order chi connectivity index (χ1) is 7.75. The van der Waals surface area contributed by atoms with Gasteiger partial charge in [-0.05, 0) is 5.56 Å². The molecule has 1 aromatic carbocycles. The van der Waals surface area contributed by atoms with Crippen LogP contribution in [0.2, 0.25) is 0 Å². The van der Waals surface area contributed by atoms with Crippen LogP contribution in [0.1, 0.15) is 5.56 Å². The van der Waals surface area contributed by atoms with Gasteiger partial charge in [0.1, 0.15) is 13.2 Å². The van der Waals surface area contributed by atoms with Crippen LogP contribution in [0, 0.1) is 0 Å². The minimum absolute atomic E-state index is 0.0170. The Bertz CT molecular complexity index is 391. The lowest BCUT2D eigenvalue weighted by molar-refractivity contribution is -0.115. The van der Waals surface area contributed by atoms with Gasteiger partial charge in [0.15, 0.2) is 5.78 Å². The maximum Gasteiger partial charge on any atom is 0.425 e. The quantitative estimate of drug-likeness (QED) is 0.797. The third kappa shape index (κ3) is 2.58. The van der Waals surface area contributed by atoms with Gasteiger partial charge in [0.05, 0.1) is 6.54 Å². The fraction of sp³-hybridized carbons (Fsp3) is 0.273. The lowest BCUT2D eigenvalue weighted by Crippen LogP contribution is -2.37. The second-order valence-corrected chi connectivity index (χ2v) is 3.50. The van der Waals surface area contributed by atoms with E-state index in [9.17, 15) is 9.59 Å². The standard InChI is InChI=1S/C11H12N2O3/c14-10-6-12-13(7-10)11(15)16-8-9-4-2-1-3-5-9/h1-5,12H,6-8H2. The molecule has 0 spiro atoms. The number of rotatable bonds is 2. The van der Waals surface area contributed by atoms with Crippen molar-refractivity contribution in [2.24, 2.45) is 0 Å². The van der Waals surface area contributed by atoms with E-state index in [1.165, 1.54) is 5.01 Å². The Balaban J connectivity index is 1.82. The zero-order valence-electron chi connectivity index (χ0n) is 8.68. The highest BCUT2D eigenvalue weighted by Crippen LogP contribution is 2.03. The third-order valence-electron chi connectivity index (χ3n) is 2.23. The number of benzene rings is 1. The summed E-state index contributed by atoms with van der Waals surface area (Å²) in [6.45, 7) is 0.486. The molecule has 1 fully saturated rings. The molecule has 1 heterocycles. The summed E-state index contributed by atoms with van der Waals surface area (Å²) in [5.41, 5.74) is 3.57. The molecule has 5 heteroatoms. The van der Waals surface area contributed by atoms with Gasteiger partial charge in [0.2, 0.25) is 0 Å². The molecular formula is C11H12N2O3. The molecule has 0 aromatic heterocycles. The Kier molecular flexibility index (Phi) is 3.16. The number of carbonyl (C=O) groups excluding carboxylic acids is 2. The molecular weight excluding hydrogens is 208 g/mol. The SMILES string of the molecule is O=C1CNN(C(=O)OCc2ccccc2)C1. The first-order valence-electron chi connectivity index (χ1n) is 4.99. The predicted molar refractivity (Wildman–Crippen MR) is 56.3 cm³/mol. The molecule has 0 radical (unpaired) electrons. The van der Waals surface area contributed by atoms with Crippen LogP contribution in [-0.2, 0) is 16.1 Å². The topological polar surface area (TPSA) is 58.6 Å². The fourth-order valence-corrected chi connectivity index (χ4v) is 1.40. The number of carbonyl (C=O) groups is 2. The number of nitrogens with one attached hydrogen (secondary N) is 1. The summed E-state index contributed by atoms with van der Waals surface area (Å²) in [4.78, 5) is 22.4. The number of Topliss-reactive ketones (excluding diaryl/α,β-unsaturated/α-hetero) is 1. The van der Waals surface area contributed by atoms with Crippen LogP contribution in [0.4, 0.5) is 4.79 Å². The second kappa shape index (κ2) is 4.76. The van der Waals surface area contributed by atoms with Gasteiger partial charge in [-0.15, -0.1) is 0 Å². The Labute approximate surface area is 93.0 Å². The maximum absolute atomic E-state index is 11.5. The van der Waals surface area contributed by atoms with Gasteiger partial charge < -0.3 is 4.74 Å². The summed E-state index contributed by atoms with van der Waals surface area (Å²) in [5, 5.41) is 1.19. The van der Waals surface area contributed by atoms with Crippen LogP contribution in [0.5, 0.6) is 0 Å². The molecule has 0 saturated carbocycles. The van der Waals surface area contributed by atoms with Crippen molar-refractivity contribution < 1.29 is 14.3 Å². The minimum Gasteiger partial charge on any atom is -0.444 e. The highest BCUT2D eigenvalue weighted by atomic mass is 16.6. The summed E-state index contributed by atoms with van der Waals surface area (Å²) < 4.78 is 5.03. The Hall–Kier alpha value is -1.88. The van der Waals surface area contributed by atoms with E-state index in [2.05, 4.69) is 5.43 Å². The Morgan fingerprint density at radius 3 is 2.75 bits per heavy atom. The van der Waals surface area contributed by atoms with Crippen molar-refractivity contribution in [1.29, 1.82) is 0 Å². The number of nitrogens with zero attached hydrogens (tertiary/aromatic N) is 1. The van der Waals surface area contributed by atoms with Crippen molar-refractivity contribution >= 4 is 11.9 Å². The van der Waals surface area contributed by atoms with Gasteiger partial charge >= 0.3 is 6.09 Å². The molecule has 1 aromatic rings. The van der Waals surface area contributed by atoms with Crippen LogP contribution >= 0.6 is 0 Å². The molecule has 0 unspecified atom stereocenters. The van der Waals surface area contributed by atoms with Crippen molar-refractivity contribution in [2.45, 2.75) is 6.61 Å². The van der Waals surface area contributed by atoms with Gasteiger partial charge in [-0.1, -0.05) is 30.3 Å². The average Bonchev–Trinajstić information content (AvgIpc) is 2.74. The summed E-state index contributed by atoms with van der Waals surface area (Å²) in [6, 6.07) is 9.39. The van der Waals surface area contributed by atoms with Gasteiger partial charge in [-0.2, -0.15) is 0 Å². The monoisotopic (exact) mass is 220 g/mol. The average molecular weight is 220 g/mol. The molecule has 1 amide bonds. The first-order valence-corrected chi connectivity index (χ1v) is 4.99. The number of ketones is 1. The molecule has 0 aliphatic carbocycles. The predicted octanol–water partition coefficient (Wildman–Crippen LogP) is 0.712. The number of hydrogen-bond acceptors (Lipinski definition) is 4. The van der Waals surface area contributed by atoms with Crippen molar-refractivity contribution in [3.05, 3.63) is 35.9 Å². The molecule has 1 aliphatic heterocycles. The first kappa shape index (κ1) is 10.6. The van der Waals surface area contributed by atoms with Gasteiger partial charge in [0, 0.05) is 0 Å². The van der Waals surface area contributed by atoms with E-state index in [1.807, 2.05) is 30.3 Å². The number of ether oxygens (including phenoxy) is 1. The number of amides is 1. The zero-order chi connectivity index (χ0) is 11.4. The summed E-state index contributed by atoms with van der Waals surface area (Å²) >= 11 is 0. The highest BCUT2D eigenvalue weighted by Gasteiger charge is 2.24. The van der Waals surface area contributed by atoms with E-state index < -0.39 is 6.09 Å². The normalized spacial score (nSPS) is 15.2. The number of hydrazine groups is 1. The molecule has 0 atom stereocenters. The van der Waals surface area contributed by atoms with Crippen LogP contribution in [0.3, 0.4) is 0 Å². The second-order valence-electron chi connectivity index (χ2n) is 3.50. The van der Waals surface area contributed by atoms with Crippen molar-refractivity contribution in [3.63, 3.8) is 0 Å². The van der Waals surface area contributed by atoms with Crippen molar-refractivity contribution in [3.8, 4) is 0 Å². The molecule has 5 nitrogen and oxygen atoms in total. The third-order valence-corrected chi connectivity index (χ3v) is 2.23. The van der Waals surface area contributed by atoms with E-state index >= 15 is 0 Å². The molecule has 2 rings (SSSR count). The molecule has 1 aliphatic rings. The van der Waals surface area contributed by atoms with E-state index in [0.717, 1.165) is 5.56 Å². The highest BCUT2D eigenvalue weighted by molar-refractivity contribution is 5.88. The number of hydrogen-bond donors (Lipinski definition) is 1. The van der Waals surface area contributed by atoms with Crippen molar-refractivity contribution in [2.75, 3.05) is 13.1 Å². The smallest absolute Gasteiger partial charge is 0.425 e. The Morgan fingerprint density at radius 2 is 2.12 bits per heavy atom.